The van der Waals surface area contributed by atoms with Gasteiger partial charge in [-0.15, -0.1) is 0 Å². The Morgan fingerprint density at radius 2 is 0.661 bits per heavy atom. The van der Waals surface area contributed by atoms with Gasteiger partial charge in [0.2, 0.25) is 0 Å². The van der Waals surface area contributed by atoms with E-state index in [9.17, 15) is 0 Å². The van der Waals surface area contributed by atoms with Crippen LogP contribution in [-0.2, 0) is 0 Å². The summed E-state index contributed by atoms with van der Waals surface area (Å²) in [6.07, 6.45) is 0. The predicted molar refractivity (Wildman–Crippen MR) is 258 cm³/mol. The molecule has 290 valence electrons. The van der Waals surface area contributed by atoms with Gasteiger partial charge >= 0.3 is 0 Å². The van der Waals surface area contributed by atoms with E-state index in [0.29, 0.717) is 5.82 Å². The van der Waals surface area contributed by atoms with Gasteiger partial charge in [-0.3, -0.25) is 0 Å². The number of hydrogen-bond donors (Lipinski definition) is 0. The molecule has 3 nitrogen and oxygen atoms in total. The van der Waals surface area contributed by atoms with Crippen LogP contribution in [0.5, 0.6) is 0 Å². The van der Waals surface area contributed by atoms with Gasteiger partial charge in [-0.1, -0.05) is 206 Å². The second-order valence-corrected chi connectivity index (χ2v) is 15.6. The van der Waals surface area contributed by atoms with Crippen LogP contribution in [0, 0.1) is 0 Å². The van der Waals surface area contributed by atoms with Crippen molar-refractivity contribution in [2.45, 2.75) is 0 Å². The Labute approximate surface area is 361 Å². The second kappa shape index (κ2) is 16.1. The maximum absolute atomic E-state index is 5.27. The van der Waals surface area contributed by atoms with Crippen molar-refractivity contribution < 1.29 is 0 Å². The van der Waals surface area contributed by atoms with E-state index in [1.54, 1.807) is 0 Å². The minimum atomic E-state index is 0.684. The van der Waals surface area contributed by atoms with E-state index < -0.39 is 0 Å². The molecule has 0 aliphatic rings. The molecular formula is C59H39N3. The highest BCUT2D eigenvalue weighted by molar-refractivity contribution is 6.17. The first-order valence-electron chi connectivity index (χ1n) is 21.0. The minimum Gasteiger partial charge on any atom is -0.247 e. The molecule has 0 radical (unpaired) electrons. The average molecular weight is 790 g/mol. The van der Waals surface area contributed by atoms with Gasteiger partial charge in [0.1, 0.15) is 0 Å². The summed E-state index contributed by atoms with van der Waals surface area (Å²) in [7, 11) is 0. The zero-order valence-corrected chi connectivity index (χ0v) is 33.9. The van der Waals surface area contributed by atoms with Gasteiger partial charge < -0.3 is 0 Å². The van der Waals surface area contributed by atoms with E-state index in [-0.39, 0.29) is 0 Å². The summed E-state index contributed by atoms with van der Waals surface area (Å²) >= 11 is 0. The first-order valence-corrected chi connectivity index (χ1v) is 21.0. The van der Waals surface area contributed by atoms with Crippen molar-refractivity contribution >= 4 is 21.7 Å². The molecule has 0 amide bonds. The topological polar surface area (TPSA) is 38.7 Å². The highest BCUT2D eigenvalue weighted by Crippen LogP contribution is 2.40. The summed E-state index contributed by atoms with van der Waals surface area (Å²) in [5.41, 5.74) is 17.1. The van der Waals surface area contributed by atoms with Crippen molar-refractivity contribution in [3.63, 3.8) is 0 Å². The van der Waals surface area contributed by atoms with Crippen LogP contribution in [0.2, 0.25) is 0 Å². The summed E-state index contributed by atoms with van der Waals surface area (Å²) in [4.78, 5) is 15.7. The van der Waals surface area contributed by atoms with E-state index in [4.69, 9.17) is 15.0 Å². The molecule has 0 unspecified atom stereocenters. The molecule has 0 saturated carbocycles. The van der Waals surface area contributed by atoms with Gasteiger partial charge in [0.25, 0.3) is 0 Å². The smallest absolute Gasteiger partial charge is 0.160 e. The lowest BCUT2D eigenvalue weighted by Crippen LogP contribution is -1.96. The quantitative estimate of drug-likeness (QED) is 0.144. The Hall–Kier alpha value is -8.27. The lowest BCUT2D eigenvalue weighted by atomic mass is 9.92. The molecule has 11 aromatic rings. The first kappa shape index (κ1) is 36.8. The Balaban J connectivity index is 0.994. The van der Waals surface area contributed by atoms with Gasteiger partial charge in [-0.25, -0.2) is 15.0 Å². The Bertz CT molecular complexity index is 3280. The number of benzene rings is 9. The molecule has 0 bridgehead atoms. The fourth-order valence-electron chi connectivity index (χ4n) is 8.59. The monoisotopic (exact) mass is 789 g/mol. The summed E-state index contributed by atoms with van der Waals surface area (Å²) in [5, 5.41) is 3.51. The SMILES string of the molecule is c1ccc(-c2cccc(-c3cc(-c4cccc(-c5ccc(-c6cccc7c(-c8ccccc8)nc8ccccc8c67)cc5)c4)nc(-c4cccc(-c5ccccc5)c4)n3)c2)cc1. The third-order valence-corrected chi connectivity index (χ3v) is 11.7. The standard InChI is InChI=1S/C59H39N3/c1-4-16-40(17-5-1)45-22-12-25-48(36-45)55-39-56(62-59(61-55)50-27-14-24-47(38-50)41-18-6-2-7-19-41)49-26-13-23-46(37-49)42-32-34-43(35-33-42)51-29-15-30-53-57(51)52-28-10-11-31-54(52)60-58(53)44-20-8-3-9-21-44/h1-39H. The van der Waals surface area contributed by atoms with Crippen LogP contribution in [0.4, 0.5) is 0 Å². The maximum Gasteiger partial charge on any atom is 0.160 e. The minimum absolute atomic E-state index is 0.684. The second-order valence-electron chi connectivity index (χ2n) is 15.6. The molecule has 0 N–H and O–H groups in total. The number of fused-ring (bicyclic) bond motifs is 3. The highest BCUT2D eigenvalue weighted by atomic mass is 14.9. The van der Waals surface area contributed by atoms with E-state index in [1.165, 1.54) is 16.5 Å². The number of nitrogens with zero attached hydrogens (tertiary/aromatic N) is 3. The van der Waals surface area contributed by atoms with E-state index in [1.807, 2.05) is 12.1 Å². The number of rotatable bonds is 8. The zero-order chi connectivity index (χ0) is 41.2. The highest BCUT2D eigenvalue weighted by Gasteiger charge is 2.16. The molecule has 11 rings (SSSR count). The largest absolute Gasteiger partial charge is 0.247 e. The van der Waals surface area contributed by atoms with Gasteiger partial charge in [-0.05, 0) is 74.8 Å². The molecule has 0 aliphatic heterocycles. The van der Waals surface area contributed by atoms with Crippen LogP contribution >= 0.6 is 0 Å². The molecule has 0 atom stereocenters. The van der Waals surface area contributed by atoms with E-state index in [0.717, 1.165) is 89.0 Å². The Kier molecular flexibility index (Phi) is 9.53. The van der Waals surface area contributed by atoms with Crippen molar-refractivity contribution in [2.75, 3.05) is 0 Å². The van der Waals surface area contributed by atoms with Crippen molar-refractivity contribution in [3.05, 3.63) is 237 Å². The third kappa shape index (κ3) is 7.12. The fraction of sp³-hybridized carbons (Fsp3) is 0. The maximum atomic E-state index is 5.27. The van der Waals surface area contributed by atoms with Gasteiger partial charge in [0.15, 0.2) is 5.82 Å². The molecule has 0 fully saturated rings. The summed E-state index contributed by atoms with van der Waals surface area (Å²) in [6, 6.07) is 83.4. The number of pyridine rings is 1. The van der Waals surface area contributed by atoms with Crippen LogP contribution in [0.25, 0.3) is 111 Å². The lowest BCUT2D eigenvalue weighted by molar-refractivity contribution is 1.18. The molecule has 0 spiro atoms. The van der Waals surface area contributed by atoms with E-state index in [2.05, 4.69) is 224 Å². The van der Waals surface area contributed by atoms with Crippen LogP contribution < -0.4 is 0 Å². The summed E-state index contributed by atoms with van der Waals surface area (Å²) < 4.78 is 0. The van der Waals surface area contributed by atoms with E-state index >= 15 is 0 Å². The molecule has 3 heteroatoms. The number of hydrogen-bond acceptors (Lipinski definition) is 3. The van der Waals surface area contributed by atoms with Crippen LogP contribution in [0.15, 0.2) is 237 Å². The van der Waals surface area contributed by atoms with Crippen molar-refractivity contribution in [3.8, 4) is 89.7 Å². The fourth-order valence-corrected chi connectivity index (χ4v) is 8.59. The normalized spacial score (nSPS) is 11.2. The lowest BCUT2D eigenvalue weighted by Gasteiger charge is -2.15. The Morgan fingerprint density at radius 3 is 1.26 bits per heavy atom. The summed E-state index contributed by atoms with van der Waals surface area (Å²) in [6.45, 7) is 0. The predicted octanol–water partition coefficient (Wildman–Crippen LogP) is 15.5. The molecule has 2 heterocycles. The van der Waals surface area contributed by atoms with Crippen LogP contribution in [-0.4, -0.2) is 15.0 Å². The van der Waals surface area contributed by atoms with Gasteiger partial charge in [-0.2, -0.15) is 0 Å². The molecule has 0 aliphatic carbocycles. The average Bonchev–Trinajstić information content (AvgIpc) is 3.37. The molecule has 62 heavy (non-hydrogen) atoms. The zero-order valence-electron chi connectivity index (χ0n) is 33.9. The summed E-state index contributed by atoms with van der Waals surface area (Å²) in [5.74, 6) is 0.684. The molecule has 9 aromatic carbocycles. The van der Waals surface area contributed by atoms with Crippen LogP contribution in [0.1, 0.15) is 0 Å². The van der Waals surface area contributed by atoms with Crippen molar-refractivity contribution in [1.29, 1.82) is 0 Å². The molecular weight excluding hydrogens is 751 g/mol. The van der Waals surface area contributed by atoms with Crippen LogP contribution in [0.3, 0.4) is 0 Å². The molecule has 2 aromatic heterocycles. The third-order valence-electron chi connectivity index (χ3n) is 11.7. The number of aromatic nitrogens is 3. The van der Waals surface area contributed by atoms with Crippen molar-refractivity contribution in [2.24, 2.45) is 0 Å². The van der Waals surface area contributed by atoms with Crippen molar-refractivity contribution in [1.82, 2.24) is 15.0 Å². The van der Waals surface area contributed by atoms with Gasteiger partial charge in [0.05, 0.1) is 22.6 Å². The first-order chi connectivity index (χ1) is 30.7. The van der Waals surface area contributed by atoms with Gasteiger partial charge in [0, 0.05) is 38.4 Å². The Morgan fingerprint density at radius 1 is 0.242 bits per heavy atom. The molecule has 0 saturated heterocycles. The number of para-hydroxylation sites is 1.